The third kappa shape index (κ3) is 8.61. The first-order valence-corrected chi connectivity index (χ1v) is 11.6. The molecule has 7 heteroatoms. The first-order valence-electron chi connectivity index (χ1n) is 10.7. The molecular weight excluding hydrogens is 422 g/mol. The van der Waals surface area contributed by atoms with Crippen molar-refractivity contribution in [3.63, 3.8) is 0 Å². The van der Waals surface area contributed by atoms with Crippen LogP contribution in [0.5, 0.6) is 0 Å². The third-order valence-electron chi connectivity index (χ3n) is 4.54. The number of aromatic nitrogens is 1. The number of benzene rings is 2. The van der Waals surface area contributed by atoms with E-state index < -0.39 is 5.97 Å². The number of rotatable bonds is 9. The Morgan fingerprint density at radius 2 is 1.72 bits per heavy atom. The maximum absolute atomic E-state index is 11.1. The van der Waals surface area contributed by atoms with Crippen molar-refractivity contribution < 1.29 is 14.7 Å². The lowest BCUT2D eigenvalue weighted by Crippen LogP contribution is -2.14. The van der Waals surface area contributed by atoms with Crippen LogP contribution in [0.2, 0.25) is 0 Å². The number of hydrogen-bond donors (Lipinski definition) is 3. The summed E-state index contributed by atoms with van der Waals surface area (Å²) in [7, 11) is 0. The highest BCUT2D eigenvalue weighted by molar-refractivity contribution is 7.17. The summed E-state index contributed by atoms with van der Waals surface area (Å²) in [6.45, 7) is 7.66. The fourth-order valence-corrected chi connectivity index (χ4v) is 3.73. The van der Waals surface area contributed by atoms with Crippen LogP contribution in [-0.4, -0.2) is 28.5 Å². The second kappa shape index (κ2) is 13.4. The predicted molar refractivity (Wildman–Crippen MR) is 131 cm³/mol. The van der Waals surface area contributed by atoms with Gasteiger partial charge in [0.25, 0.3) is 0 Å². The topological polar surface area (TPSA) is 91.3 Å². The Hall–Kier alpha value is -3.03. The molecule has 0 radical (unpaired) electrons. The van der Waals surface area contributed by atoms with Gasteiger partial charge >= 0.3 is 5.97 Å². The highest BCUT2D eigenvalue weighted by Gasteiger charge is 2.18. The summed E-state index contributed by atoms with van der Waals surface area (Å²) in [5, 5.41) is 15.5. The van der Waals surface area contributed by atoms with Crippen molar-refractivity contribution in [3.05, 3.63) is 70.6 Å². The molecule has 32 heavy (non-hydrogen) atoms. The van der Waals surface area contributed by atoms with Crippen LogP contribution in [0.3, 0.4) is 0 Å². The number of carboxylic acids is 1. The average molecular weight is 454 g/mol. The van der Waals surface area contributed by atoms with Gasteiger partial charge in [-0.1, -0.05) is 79.9 Å². The smallest absolute Gasteiger partial charge is 0.349 e. The van der Waals surface area contributed by atoms with E-state index in [0.717, 1.165) is 35.6 Å². The van der Waals surface area contributed by atoms with Gasteiger partial charge in [0.05, 0.1) is 0 Å². The van der Waals surface area contributed by atoms with E-state index in [1.54, 1.807) is 0 Å². The number of thiazole rings is 1. The zero-order valence-corrected chi connectivity index (χ0v) is 19.7. The normalized spacial score (nSPS) is 10.2. The molecule has 1 heterocycles. The lowest BCUT2D eigenvalue weighted by atomic mass is 10.2. The molecule has 2 aromatic carbocycles. The molecule has 0 unspecified atom stereocenters. The number of aryl methyl sites for hydroxylation is 1. The molecule has 3 N–H and O–H groups in total. The van der Waals surface area contributed by atoms with Gasteiger partial charge < -0.3 is 15.7 Å². The lowest BCUT2D eigenvalue weighted by Gasteiger charge is -2.03. The summed E-state index contributed by atoms with van der Waals surface area (Å²) in [6.07, 6.45) is 3.93. The van der Waals surface area contributed by atoms with E-state index in [2.05, 4.69) is 52.9 Å². The molecule has 1 amide bonds. The largest absolute Gasteiger partial charge is 0.477 e. The molecule has 0 bridgehead atoms. The van der Waals surface area contributed by atoms with Gasteiger partial charge in [-0.3, -0.25) is 4.79 Å². The number of unbranched alkanes of at least 4 members (excludes halogenated alkanes) is 2. The number of carbonyl (C=O) groups is 2. The van der Waals surface area contributed by atoms with E-state index >= 15 is 0 Å². The van der Waals surface area contributed by atoms with Crippen molar-refractivity contribution in [2.24, 2.45) is 0 Å². The number of hydrogen-bond acceptors (Lipinski definition) is 5. The minimum atomic E-state index is -1.10. The quantitative estimate of drug-likeness (QED) is 0.359. The predicted octanol–water partition coefficient (Wildman–Crippen LogP) is 5.74. The average Bonchev–Trinajstić information content (AvgIpc) is 3.19. The second-order valence-electron chi connectivity index (χ2n) is 7.42. The Morgan fingerprint density at radius 3 is 2.31 bits per heavy atom. The fraction of sp³-hybridized carbons (Fsp3) is 0.320. The van der Waals surface area contributed by atoms with Crippen molar-refractivity contribution in [3.8, 4) is 10.6 Å². The fourth-order valence-electron chi connectivity index (χ4n) is 2.86. The molecule has 0 aliphatic carbocycles. The summed E-state index contributed by atoms with van der Waals surface area (Å²) < 4.78 is 0. The third-order valence-corrected chi connectivity index (χ3v) is 5.64. The van der Waals surface area contributed by atoms with Crippen LogP contribution in [-0.2, 0) is 11.3 Å². The SMILES string of the molecule is CC(=O)Nc1nc(-c2ccc(C)cc2)sc1C(=O)O.CCCCCNCc1ccccc1. The van der Waals surface area contributed by atoms with Crippen LogP contribution in [0, 0.1) is 6.92 Å². The Morgan fingerprint density at radius 1 is 1.03 bits per heavy atom. The first-order chi connectivity index (χ1) is 15.4. The molecule has 0 aliphatic heterocycles. The number of amides is 1. The highest BCUT2D eigenvalue weighted by Crippen LogP contribution is 2.31. The van der Waals surface area contributed by atoms with E-state index in [9.17, 15) is 9.59 Å². The van der Waals surface area contributed by atoms with Crippen molar-refractivity contribution in [1.29, 1.82) is 0 Å². The summed E-state index contributed by atoms with van der Waals surface area (Å²) in [5.74, 6) is -1.34. The standard InChI is InChI=1S/C13H12N2O3S.C12H19N/c1-7-3-5-9(6-4-7)12-15-11(14-8(2)16)10(19-12)13(17)18;1-2-3-7-10-13-11-12-8-5-4-6-9-12/h3-6H,1-2H3,(H,14,16)(H,17,18);4-6,8-9,13H,2-3,7,10-11H2,1H3. The highest BCUT2D eigenvalue weighted by atomic mass is 32.1. The number of carbonyl (C=O) groups excluding carboxylic acids is 1. The van der Waals surface area contributed by atoms with Crippen molar-refractivity contribution >= 4 is 29.0 Å². The minimum Gasteiger partial charge on any atom is -0.477 e. The number of carboxylic acid groups (broad SMARTS) is 1. The maximum atomic E-state index is 11.1. The van der Waals surface area contributed by atoms with E-state index in [4.69, 9.17) is 5.11 Å². The van der Waals surface area contributed by atoms with Gasteiger partial charge in [0.15, 0.2) is 10.7 Å². The number of nitrogens with zero attached hydrogens (tertiary/aromatic N) is 1. The molecule has 0 saturated carbocycles. The Labute approximate surface area is 193 Å². The van der Waals surface area contributed by atoms with Crippen molar-refractivity contribution in [2.75, 3.05) is 11.9 Å². The molecular formula is C25H31N3O3S. The summed E-state index contributed by atoms with van der Waals surface area (Å²) >= 11 is 1.04. The van der Waals surface area contributed by atoms with E-state index in [0.29, 0.717) is 5.01 Å². The van der Waals surface area contributed by atoms with Gasteiger partial charge in [-0.2, -0.15) is 0 Å². The maximum Gasteiger partial charge on any atom is 0.349 e. The van der Waals surface area contributed by atoms with Crippen LogP contribution in [0.15, 0.2) is 54.6 Å². The molecule has 0 saturated heterocycles. The molecule has 170 valence electrons. The molecule has 0 aliphatic rings. The van der Waals surface area contributed by atoms with Crippen LogP contribution in [0.25, 0.3) is 10.6 Å². The summed E-state index contributed by atoms with van der Waals surface area (Å²) in [5.41, 5.74) is 3.31. The van der Waals surface area contributed by atoms with Crippen LogP contribution < -0.4 is 10.6 Å². The lowest BCUT2D eigenvalue weighted by molar-refractivity contribution is -0.114. The molecule has 0 atom stereocenters. The molecule has 3 aromatic rings. The van der Waals surface area contributed by atoms with Gasteiger partial charge in [0.2, 0.25) is 5.91 Å². The number of nitrogens with one attached hydrogen (secondary N) is 2. The molecule has 3 rings (SSSR count). The van der Waals surface area contributed by atoms with Gasteiger partial charge in [-0.15, -0.1) is 11.3 Å². The van der Waals surface area contributed by atoms with E-state index in [1.165, 1.54) is 31.7 Å². The second-order valence-corrected chi connectivity index (χ2v) is 8.42. The van der Waals surface area contributed by atoms with E-state index in [1.807, 2.05) is 31.2 Å². The molecule has 0 spiro atoms. The first kappa shape index (κ1) is 25.2. The molecule has 6 nitrogen and oxygen atoms in total. The van der Waals surface area contributed by atoms with Gasteiger partial charge in [0.1, 0.15) is 5.01 Å². The van der Waals surface area contributed by atoms with Crippen LogP contribution in [0.4, 0.5) is 5.82 Å². The Bertz CT molecular complexity index is 985. The van der Waals surface area contributed by atoms with Gasteiger partial charge in [-0.05, 0) is 25.5 Å². The molecule has 0 fully saturated rings. The zero-order valence-electron chi connectivity index (χ0n) is 18.9. The monoisotopic (exact) mass is 453 g/mol. The Kier molecular flexibility index (Phi) is 10.6. The van der Waals surface area contributed by atoms with E-state index in [-0.39, 0.29) is 16.6 Å². The number of anilines is 1. The Balaban J connectivity index is 0.000000244. The van der Waals surface area contributed by atoms with Gasteiger partial charge in [-0.25, -0.2) is 9.78 Å². The molecule has 1 aromatic heterocycles. The van der Waals surface area contributed by atoms with Gasteiger partial charge in [0, 0.05) is 19.0 Å². The minimum absolute atomic E-state index is 0.0331. The van der Waals surface area contributed by atoms with Crippen LogP contribution >= 0.6 is 11.3 Å². The number of aromatic carboxylic acids is 1. The van der Waals surface area contributed by atoms with Crippen LogP contribution in [0.1, 0.15) is 53.9 Å². The van der Waals surface area contributed by atoms with Crippen molar-refractivity contribution in [2.45, 2.75) is 46.6 Å². The zero-order chi connectivity index (χ0) is 23.3. The van der Waals surface area contributed by atoms with Crippen molar-refractivity contribution in [1.82, 2.24) is 10.3 Å². The summed E-state index contributed by atoms with van der Waals surface area (Å²) in [6, 6.07) is 18.1. The summed E-state index contributed by atoms with van der Waals surface area (Å²) in [4.78, 5) is 26.4.